The molecule has 4 unspecified atom stereocenters. The van der Waals surface area contributed by atoms with Crippen LogP contribution in [-0.2, 0) is 25.9 Å². The van der Waals surface area contributed by atoms with E-state index < -0.39 is 0 Å². The van der Waals surface area contributed by atoms with E-state index in [4.69, 9.17) is 0 Å². The lowest BCUT2D eigenvalue weighted by Crippen LogP contribution is -2.63. The van der Waals surface area contributed by atoms with Gasteiger partial charge in [0.2, 0.25) is 0 Å². The van der Waals surface area contributed by atoms with Crippen molar-refractivity contribution in [3.63, 3.8) is 0 Å². The van der Waals surface area contributed by atoms with E-state index in [2.05, 4.69) is 202 Å². The summed E-state index contributed by atoms with van der Waals surface area (Å²) in [5.74, 6) is 1.59. The van der Waals surface area contributed by atoms with Gasteiger partial charge in [-0.3, -0.25) is 9.80 Å². The molecule has 6 fully saturated rings. The van der Waals surface area contributed by atoms with Gasteiger partial charge < -0.3 is 10.6 Å². The Morgan fingerprint density at radius 2 is 0.841 bits per heavy atom. The second-order valence-corrected chi connectivity index (χ2v) is 19.2. The Balaban J connectivity index is 0.000000153. The minimum Gasteiger partial charge on any atom is -0.308 e. The number of benzene rings is 6. The molecule has 2 N–H and O–H groups in total. The highest BCUT2D eigenvalue weighted by Crippen LogP contribution is 2.39. The molecule has 6 saturated heterocycles. The molecule has 4 bridgehead atoms. The number of thiophene rings is 1. The maximum atomic E-state index is 3.99. The predicted molar refractivity (Wildman–Crippen MR) is 265 cm³/mol. The Bertz CT molecular complexity index is 2470. The van der Waals surface area contributed by atoms with Crippen LogP contribution < -0.4 is 10.6 Å². The molecule has 6 aliphatic rings. The normalized spacial score (nSPS) is 24.7. The van der Waals surface area contributed by atoms with Gasteiger partial charge in [-0.05, 0) is 138 Å². The third-order valence-corrected chi connectivity index (χ3v) is 15.6. The van der Waals surface area contributed by atoms with Gasteiger partial charge in [-0.15, -0.1) is 11.3 Å². The van der Waals surface area contributed by atoms with Gasteiger partial charge in [0, 0.05) is 42.1 Å². The Morgan fingerprint density at radius 1 is 0.413 bits per heavy atom. The first kappa shape index (κ1) is 41.8. The molecule has 0 spiro atoms. The van der Waals surface area contributed by atoms with Crippen LogP contribution in [0.25, 0.3) is 32.7 Å². The minimum absolute atomic E-state index is 0.537. The summed E-state index contributed by atoms with van der Waals surface area (Å²) < 4.78 is 0. The number of nitrogens with zero attached hydrogens (tertiary/aromatic N) is 2. The Morgan fingerprint density at radius 3 is 1.35 bits per heavy atom. The number of hydrogen-bond donors (Lipinski definition) is 2. The molecular formula is C58H62N4S. The van der Waals surface area contributed by atoms with Crippen molar-refractivity contribution in [2.75, 3.05) is 26.2 Å². The monoisotopic (exact) mass is 846 g/mol. The fourth-order valence-electron chi connectivity index (χ4n) is 11.5. The number of hydrogen-bond acceptors (Lipinski definition) is 5. The summed E-state index contributed by atoms with van der Waals surface area (Å²) in [7, 11) is 0. The van der Waals surface area contributed by atoms with E-state index in [1.54, 1.807) is 0 Å². The lowest BCUT2D eigenvalue weighted by Gasteiger charge is -2.51. The van der Waals surface area contributed by atoms with Crippen molar-refractivity contribution >= 4 is 11.3 Å². The van der Waals surface area contributed by atoms with E-state index in [1.807, 2.05) is 11.3 Å². The van der Waals surface area contributed by atoms with Crippen molar-refractivity contribution in [1.82, 2.24) is 20.4 Å². The molecule has 0 saturated carbocycles. The number of piperidine rings is 6. The molecule has 6 aliphatic heterocycles. The summed E-state index contributed by atoms with van der Waals surface area (Å²) in [6, 6.07) is 66.2. The van der Waals surface area contributed by atoms with Gasteiger partial charge in [-0.25, -0.2) is 0 Å². The summed E-state index contributed by atoms with van der Waals surface area (Å²) in [5.41, 5.74) is 12.4. The molecule has 63 heavy (non-hydrogen) atoms. The quantitative estimate of drug-likeness (QED) is 0.121. The van der Waals surface area contributed by atoms with E-state index in [-0.39, 0.29) is 0 Å². The average Bonchev–Trinajstić information content (AvgIpc) is 3.91. The molecule has 7 aromatic rings. The molecule has 7 heterocycles. The van der Waals surface area contributed by atoms with Crippen LogP contribution in [0.2, 0.25) is 0 Å². The fourth-order valence-corrected chi connectivity index (χ4v) is 12.2. The lowest BCUT2D eigenvalue weighted by molar-refractivity contribution is 0.0127. The zero-order valence-electron chi connectivity index (χ0n) is 36.6. The van der Waals surface area contributed by atoms with Crippen LogP contribution in [0.4, 0.5) is 0 Å². The highest BCUT2D eigenvalue weighted by atomic mass is 32.1. The first-order valence-corrected chi connectivity index (χ1v) is 24.5. The van der Waals surface area contributed by atoms with Crippen LogP contribution in [0.3, 0.4) is 0 Å². The standard InChI is InChI=1S/C33H34N2.C25H28N2S/c1-3-11-25(12-4-1)24-34-33-27-19-21-35(22-20-27)32(33)23-28-15-7-8-17-30(28)31-18-10-9-16-29(31)26-13-5-2-6-14-26;1-2-7-19(8-3-1)18-26-25-20-12-14-27(15-13-20)23(25)17-21-9-4-5-10-22(21)24-11-6-16-28-24/h1-18,27,32-34H,19-24H2;1-11,16,20,23,25-26H,12-15,17-18H2. The first-order valence-electron chi connectivity index (χ1n) is 23.6. The maximum absolute atomic E-state index is 3.99. The van der Waals surface area contributed by atoms with Gasteiger partial charge in [-0.1, -0.05) is 170 Å². The molecule has 5 heteroatoms. The van der Waals surface area contributed by atoms with Crippen molar-refractivity contribution in [2.24, 2.45) is 11.8 Å². The molecule has 0 radical (unpaired) electrons. The Hall–Kier alpha value is -5.14. The maximum Gasteiger partial charge on any atom is 0.0345 e. The Labute approximate surface area is 380 Å². The second kappa shape index (κ2) is 20.1. The van der Waals surface area contributed by atoms with Gasteiger partial charge >= 0.3 is 0 Å². The predicted octanol–water partition coefficient (Wildman–Crippen LogP) is 12.0. The van der Waals surface area contributed by atoms with E-state index in [0.29, 0.717) is 24.2 Å². The van der Waals surface area contributed by atoms with Crippen LogP contribution >= 0.6 is 11.3 Å². The van der Waals surface area contributed by atoms with E-state index in [1.165, 1.54) is 107 Å². The topological polar surface area (TPSA) is 30.5 Å². The van der Waals surface area contributed by atoms with Crippen LogP contribution in [0.1, 0.15) is 47.9 Å². The smallest absolute Gasteiger partial charge is 0.0345 e. The summed E-state index contributed by atoms with van der Waals surface area (Å²) in [6.07, 6.45) is 7.55. The van der Waals surface area contributed by atoms with Crippen molar-refractivity contribution < 1.29 is 0 Å². The van der Waals surface area contributed by atoms with Crippen molar-refractivity contribution in [3.05, 3.63) is 204 Å². The fraction of sp³-hybridized carbons (Fsp3) is 0.310. The van der Waals surface area contributed by atoms with Gasteiger partial charge in [0.15, 0.2) is 0 Å². The average molecular weight is 847 g/mol. The number of rotatable bonds is 13. The van der Waals surface area contributed by atoms with Gasteiger partial charge in [-0.2, -0.15) is 0 Å². The van der Waals surface area contributed by atoms with Crippen LogP contribution in [-0.4, -0.2) is 60.1 Å². The van der Waals surface area contributed by atoms with E-state index in [9.17, 15) is 0 Å². The number of nitrogens with one attached hydrogen (secondary N) is 2. The molecule has 0 amide bonds. The molecule has 0 aliphatic carbocycles. The van der Waals surface area contributed by atoms with Gasteiger partial charge in [0.1, 0.15) is 0 Å². The highest BCUT2D eigenvalue weighted by molar-refractivity contribution is 7.13. The number of fused-ring (bicyclic) bond motifs is 6. The van der Waals surface area contributed by atoms with Crippen LogP contribution in [0, 0.1) is 11.8 Å². The van der Waals surface area contributed by atoms with Crippen molar-refractivity contribution in [2.45, 2.75) is 75.8 Å². The lowest BCUT2D eigenvalue weighted by atomic mass is 9.76. The molecular weight excluding hydrogens is 785 g/mol. The van der Waals surface area contributed by atoms with Crippen LogP contribution in [0.5, 0.6) is 0 Å². The highest BCUT2D eigenvalue weighted by Gasteiger charge is 2.43. The van der Waals surface area contributed by atoms with Crippen molar-refractivity contribution in [1.29, 1.82) is 0 Å². The third-order valence-electron chi connectivity index (χ3n) is 14.7. The molecule has 6 aromatic carbocycles. The third kappa shape index (κ3) is 9.69. The summed E-state index contributed by atoms with van der Waals surface area (Å²) in [4.78, 5) is 6.89. The largest absolute Gasteiger partial charge is 0.308 e. The Kier molecular flexibility index (Phi) is 13.4. The molecule has 4 nitrogen and oxygen atoms in total. The molecule has 320 valence electrons. The summed E-state index contributed by atoms with van der Waals surface area (Å²) in [6.45, 7) is 6.92. The van der Waals surface area contributed by atoms with E-state index >= 15 is 0 Å². The second-order valence-electron chi connectivity index (χ2n) is 18.3. The van der Waals surface area contributed by atoms with Crippen molar-refractivity contribution in [3.8, 4) is 32.7 Å². The zero-order chi connectivity index (χ0) is 42.2. The van der Waals surface area contributed by atoms with Gasteiger partial charge in [0.05, 0.1) is 0 Å². The zero-order valence-corrected chi connectivity index (χ0v) is 37.4. The molecule has 4 atom stereocenters. The SMILES string of the molecule is c1ccc(CNC2C3CCN(CC3)C2Cc2ccccc2-c2ccccc2-c2ccccc2)cc1.c1ccc(CNC2C3CCN(CC3)C2Cc2ccccc2-c2cccs2)cc1. The van der Waals surface area contributed by atoms with Crippen LogP contribution in [0.15, 0.2) is 181 Å². The van der Waals surface area contributed by atoms with Gasteiger partial charge in [0.25, 0.3) is 0 Å². The molecule has 13 rings (SSSR count). The van der Waals surface area contributed by atoms with E-state index in [0.717, 1.165) is 37.8 Å². The summed E-state index contributed by atoms with van der Waals surface area (Å²) >= 11 is 1.85. The molecule has 1 aromatic heterocycles. The first-order chi connectivity index (χ1) is 31.2. The summed E-state index contributed by atoms with van der Waals surface area (Å²) in [5, 5.41) is 10.1. The minimum atomic E-state index is 0.537.